The quantitative estimate of drug-likeness (QED) is 0.863. The van der Waals surface area contributed by atoms with Crippen molar-refractivity contribution in [2.75, 3.05) is 31.1 Å². The van der Waals surface area contributed by atoms with Gasteiger partial charge in [0.2, 0.25) is 5.89 Å². The molecule has 0 bridgehead atoms. The lowest BCUT2D eigenvalue weighted by Gasteiger charge is -2.21. The molecule has 1 saturated heterocycles. The monoisotopic (exact) mass is 334 g/mol. The third-order valence-electron chi connectivity index (χ3n) is 3.90. The average molecular weight is 335 g/mol. The van der Waals surface area contributed by atoms with Crippen LogP contribution in [0.2, 0.25) is 5.02 Å². The number of nitrogens with zero attached hydrogens (tertiary/aromatic N) is 4. The van der Waals surface area contributed by atoms with E-state index in [2.05, 4.69) is 15.0 Å². The molecule has 1 fully saturated rings. The number of aromatic nitrogens is 2. The minimum Gasteiger partial charge on any atom is -0.337 e. The van der Waals surface area contributed by atoms with E-state index in [1.807, 2.05) is 11.8 Å². The van der Waals surface area contributed by atoms with Crippen molar-refractivity contribution >= 4 is 23.5 Å². The predicted octanol–water partition coefficient (Wildman–Crippen LogP) is 2.64. The molecule has 7 heteroatoms. The van der Waals surface area contributed by atoms with Crippen molar-refractivity contribution in [3.8, 4) is 0 Å². The Balaban J connectivity index is 1.67. The molecule has 1 aliphatic heterocycles. The molecular weight excluding hydrogens is 316 g/mol. The van der Waals surface area contributed by atoms with Crippen LogP contribution >= 0.6 is 11.6 Å². The van der Waals surface area contributed by atoms with E-state index >= 15 is 0 Å². The summed E-state index contributed by atoms with van der Waals surface area (Å²) >= 11 is 5.97. The highest BCUT2D eigenvalue weighted by atomic mass is 35.5. The highest BCUT2D eigenvalue weighted by Gasteiger charge is 2.22. The Bertz CT molecular complexity index is 688. The second-order valence-electron chi connectivity index (χ2n) is 5.48. The molecule has 0 unspecified atom stereocenters. The number of carbonyl (C=O) groups is 1. The Morgan fingerprint density at radius 1 is 1.30 bits per heavy atom. The maximum Gasteiger partial charge on any atom is 0.266 e. The van der Waals surface area contributed by atoms with Gasteiger partial charge >= 0.3 is 0 Å². The molecule has 2 aromatic rings. The normalized spacial score (nSPS) is 15.6. The van der Waals surface area contributed by atoms with Gasteiger partial charge in [0.05, 0.1) is 0 Å². The zero-order valence-electron chi connectivity index (χ0n) is 13.0. The molecule has 0 aliphatic carbocycles. The Kier molecular flexibility index (Phi) is 4.81. The lowest BCUT2D eigenvalue weighted by atomic mass is 10.2. The summed E-state index contributed by atoms with van der Waals surface area (Å²) in [5.74, 6) is 1.26. The average Bonchev–Trinajstić information content (AvgIpc) is 2.91. The molecule has 23 heavy (non-hydrogen) atoms. The summed E-state index contributed by atoms with van der Waals surface area (Å²) in [6.45, 7) is 4.81. The van der Waals surface area contributed by atoms with Crippen molar-refractivity contribution in [3.63, 3.8) is 0 Å². The molecule has 0 radical (unpaired) electrons. The van der Waals surface area contributed by atoms with Gasteiger partial charge in [-0.25, -0.2) is 0 Å². The zero-order chi connectivity index (χ0) is 16.2. The highest BCUT2D eigenvalue weighted by molar-refractivity contribution is 6.30. The van der Waals surface area contributed by atoms with Crippen LogP contribution in [0.3, 0.4) is 0 Å². The van der Waals surface area contributed by atoms with Gasteiger partial charge in [-0.2, -0.15) is 4.98 Å². The zero-order valence-corrected chi connectivity index (χ0v) is 13.8. The number of halogens is 1. The summed E-state index contributed by atoms with van der Waals surface area (Å²) in [5.41, 5.74) is 0.624. The van der Waals surface area contributed by atoms with Crippen molar-refractivity contribution in [3.05, 3.63) is 40.7 Å². The lowest BCUT2D eigenvalue weighted by Crippen LogP contribution is -2.35. The summed E-state index contributed by atoms with van der Waals surface area (Å²) < 4.78 is 5.17. The van der Waals surface area contributed by atoms with Gasteiger partial charge in [0.25, 0.3) is 11.9 Å². The van der Waals surface area contributed by atoms with E-state index < -0.39 is 0 Å². The molecule has 1 aromatic heterocycles. The van der Waals surface area contributed by atoms with Crippen LogP contribution in [0.1, 0.15) is 29.6 Å². The fourth-order valence-electron chi connectivity index (χ4n) is 2.64. The topological polar surface area (TPSA) is 62.5 Å². The van der Waals surface area contributed by atoms with Crippen molar-refractivity contribution in [1.29, 1.82) is 0 Å². The van der Waals surface area contributed by atoms with E-state index in [1.54, 1.807) is 24.3 Å². The Labute approximate surface area is 140 Å². The standard InChI is InChI=1S/C16H19ClN4O2/c1-2-14-18-16(19-23-14)21-8-4-7-20(9-10-21)15(22)12-5-3-6-13(17)11-12/h3,5-6,11H,2,4,7-10H2,1H3. The number of aryl methyl sites for hydroxylation is 1. The second kappa shape index (κ2) is 7.00. The molecule has 0 spiro atoms. The van der Waals surface area contributed by atoms with Crippen molar-refractivity contribution in [2.24, 2.45) is 0 Å². The first-order valence-corrected chi connectivity index (χ1v) is 8.17. The maximum atomic E-state index is 12.6. The van der Waals surface area contributed by atoms with Gasteiger partial charge in [-0.1, -0.05) is 24.6 Å². The van der Waals surface area contributed by atoms with Crippen LogP contribution in [-0.2, 0) is 6.42 Å². The van der Waals surface area contributed by atoms with Crippen LogP contribution in [0.15, 0.2) is 28.8 Å². The second-order valence-corrected chi connectivity index (χ2v) is 5.92. The lowest BCUT2D eigenvalue weighted by molar-refractivity contribution is 0.0767. The van der Waals surface area contributed by atoms with Crippen molar-refractivity contribution < 1.29 is 9.32 Å². The molecule has 0 N–H and O–H groups in total. The van der Waals surface area contributed by atoms with Crippen LogP contribution in [0.5, 0.6) is 0 Å². The number of rotatable bonds is 3. The molecule has 0 saturated carbocycles. The molecule has 1 aromatic carbocycles. The number of carbonyl (C=O) groups excluding carboxylic acids is 1. The number of benzene rings is 1. The van der Waals surface area contributed by atoms with E-state index in [9.17, 15) is 4.79 Å². The predicted molar refractivity (Wildman–Crippen MR) is 87.9 cm³/mol. The molecule has 122 valence electrons. The van der Waals surface area contributed by atoms with Gasteiger partial charge in [-0.05, 0) is 29.8 Å². The van der Waals surface area contributed by atoms with Crippen LogP contribution in [0.25, 0.3) is 0 Å². The number of anilines is 1. The van der Waals surface area contributed by atoms with Crippen molar-refractivity contribution in [2.45, 2.75) is 19.8 Å². The summed E-state index contributed by atoms with van der Waals surface area (Å²) in [5, 5.41) is 4.59. The number of hydrogen-bond donors (Lipinski definition) is 0. The van der Waals surface area contributed by atoms with E-state index in [-0.39, 0.29) is 5.91 Å². The summed E-state index contributed by atoms with van der Waals surface area (Å²) in [6, 6.07) is 7.07. The Hall–Kier alpha value is -2.08. The highest BCUT2D eigenvalue weighted by Crippen LogP contribution is 2.16. The van der Waals surface area contributed by atoms with E-state index in [4.69, 9.17) is 16.1 Å². The fourth-order valence-corrected chi connectivity index (χ4v) is 2.83. The van der Waals surface area contributed by atoms with Gasteiger partial charge in [-0.3, -0.25) is 4.79 Å². The summed E-state index contributed by atoms with van der Waals surface area (Å²) in [7, 11) is 0. The molecule has 0 atom stereocenters. The smallest absolute Gasteiger partial charge is 0.266 e. The van der Waals surface area contributed by atoms with E-state index in [0.717, 1.165) is 19.4 Å². The number of amides is 1. The first-order valence-electron chi connectivity index (χ1n) is 7.79. The van der Waals surface area contributed by atoms with Gasteiger partial charge in [0.15, 0.2) is 0 Å². The molecule has 1 amide bonds. The first kappa shape index (κ1) is 15.8. The van der Waals surface area contributed by atoms with Gasteiger partial charge < -0.3 is 14.3 Å². The van der Waals surface area contributed by atoms with Crippen LogP contribution in [0, 0.1) is 0 Å². The molecule has 2 heterocycles. The molecule has 6 nitrogen and oxygen atoms in total. The Morgan fingerprint density at radius 2 is 2.17 bits per heavy atom. The van der Waals surface area contributed by atoms with E-state index in [1.165, 1.54) is 0 Å². The largest absolute Gasteiger partial charge is 0.337 e. The van der Waals surface area contributed by atoms with Crippen LogP contribution in [0.4, 0.5) is 5.95 Å². The summed E-state index contributed by atoms with van der Waals surface area (Å²) in [6.07, 6.45) is 1.59. The Morgan fingerprint density at radius 3 is 2.91 bits per heavy atom. The maximum absolute atomic E-state index is 12.6. The molecular formula is C16H19ClN4O2. The van der Waals surface area contributed by atoms with Crippen LogP contribution < -0.4 is 4.90 Å². The molecule has 1 aliphatic rings. The van der Waals surface area contributed by atoms with Gasteiger partial charge in [0.1, 0.15) is 0 Å². The number of hydrogen-bond acceptors (Lipinski definition) is 5. The van der Waals surface area contributed by atoms with E-state index in [0.29, 0.717) is 42.1 Å². The third-order valence-corrected chi connectivity index (χ3v) is 4.13. The third kappa shape index (κ3) is 3.64. The minimum absolute atomic E-state index is 0.0108. The first-order chi connectivity index (χ1) is 11.2. The van der Waals surface area contributed by atoms with Crippen molar-refractivity contribution in [1.82, 2.24) is 15.0 Å². The fraction of sp³-hybridized carbons (Fsp3) is 0.438. The molecule has 3 rings (SSSR count). The summed E-state index contributed by atoms with van der Waals surface area (Å²) in [4.78, 5) is 20.9. The van der Waals surface area contributed by atoms with Gasteiger partial charge in [-0.15, -0.1) is 0 Å². The van der Waals surface area contributed by atoms with Gasteiger partial charge in [0, 0.05) is 43.2 Å². The van der Waals surface area contributed by atoms with Crippen LogP contribution in [-0.4, -0.2) is 47.1 Å². The SMILES string of the molecule is CCc1nc(N2CCCN(C(=O)c3cccc(Cl)c3)CC2)no1. The minimum atomic E-state index is 0.0108.